The number of fused-ring (bicyclic) bond motifs is 1. The minimum Gasteiger partial charge on any atom is -0.280 e. The van der Waals surface area contributed by atoms with E-state index in [1.54, 1.807) is 36.4 Å². The van der Waals surface area contributed by atoms with Gasteiger partial charge in [-0.15, -0.1) is 0 Å². The van der Waals surface area contributed by atoms with Gasteiger partial charge in [0.2, 0.25) is 0 Å². The molecule has 10 heteroatoms. The van der Waals surface area contributed by atoms with Crippen LogP contribution in [0.2, 0.25) is 5.02 Å². The third kappa shape index (κ3) is 5.01. The summed E-state index contributed by atoms with van der Waals surface area (Å²) in [5.41, 5.74) is -0.584. The minimum absolute atomic E-state index is 0.120. The van der Waals surface area contributed by atoms with Crippen molar-refractivity contribution in [2.45, 2.75) is 21.0 Å². The summed E-state index contributed by atoms with van der Waals surface area (Å²) in [6.45, 7) is 0. The second-order valence-electron chi connectivity index (χ2n) is 6.75. The van der Waals surface area contributed by atoms with Crippen molar-refractivity contribution in [3.8, 4) is 0 Å². The maximum absolute atomic E-state index is 12.7. The monoisotopic (exact) mass is 494 g/mol. The van der Waals surface area contributed by atoms with Crippen molar-refractivity contribution in [3.63, 3.8) is 0 Å². The van der Waals surface area contributed by atoms with Gasteiger partial charge in [0.15, 0.2) is 0 Å². The van der Waals surface area contributed by atoms with E-state index in [-0.39, 0.29) is 14.9 Å². The van der Waals surface area contributed by atoms with Crippen molar-refractivity contribution in [1.82, 2.24) is 4.98 Å². The van der Waals surface area contributed by atoms with Gasteiger partial charge < -0.3 is 0 Å². The Morgan fingerprint density at radius 1 is 0.906 bits per heavy atom. The predicted octanol–water partition coefficient (Wildman–Crippen LogP) is 6.86. The summed E-state index contributed by atoms with van der Waals surface area (Å²) in [5.74, 6) is 0. The molecule has 0 spiro atoms. The quantitative estimate of drug-likeness (QED) is 0.329. The predicted molar refractivity (Wildman–Crippen MR) is 120 cm³/mol. The number of sulfonamides is 1. The maximum Gasteiger partial charge on any atom is 0.417 e. The normalized spacial score (nSPS) is 12.1. The summed E-state index contributed by atoms with van der Waals surface area (Å²) in [5, 5.41) is 1.83. The number of halogens is 4. The van der Waals surface area contributed by atoms with E-state index in [2.05, 4.69) is 9.71 Å². The van der Waals surface area contributed by atoms with Gasteiger partial charge in [0.25, 0.3) is 10.0 Å². The highest BCUT2D eigenvalue weighted by Gasteiger charge is 2.31. The zero-order valence-electron chi connectivity index (χ0n) is 16.1. The first-order valence-electron chi connectivity index (χ1n) is 9.14. The first-order valence-corrected chi connectivity index (χ1v) is 11.8. The molecule has 0 amide bonds. The van der Waals surface area contributed by atoms with Crippen molar-refractivity contribution >= 4 is 49.8 Å². The summed E-state index contributed by atoms with van der Waals surface area (Å²) in [4.78, 5) is 4.55. The third-order valence-corrected chi connectivity index (χ3v) is 7.29. The molecule has 1 N–H and O–H groups in total. The van der Waals surface area contributed by atoms with Crippen molar-refractivity contribution in [2.24, 2.45) is 0 Å². The largest absolute Gasteiger partial charge is 0.417 e. The molecule has 0 fully saturated rings. The van der Waals surface area contributed by atoms with Crippen LogP contribution in [-0.4, -0.2) is 13.4 Å². The zero-order chi connectivity index (χ0) is 22.9. The fraction of sp³-hybridized carbons (Fsp3) is 0.0455. The standard InChI is InChI=1S/C22H14ClF3N2O2S2/c23-20-12-16(22(24,25)26)13-27-21(20)31-18-8-6-17(7-9-18)28-32(29,30)19-10-5-14-3-1-2-4-15(14)11-19/h1-13,28H. The average molecular weight is 495 g/mol. The molecule has 0 aliphatic carbocycles. The molecule has 4 nitrogen and oxygen atoms in total. The van der Waals surface area contributed by atoms with Crippen LogP contribution in [0.4, 0.5) is 18.9 Å². The molecule has 3 aromatic carbocycles. The smallest absolute Gasteiger partial charge is 0.280 e. The highest BCUT2D eigenvalue weighted by molar-refractivity contribution is 7.99. The van der Waals surface area contributed by atoms with E-state index in [0.717, 1.165) is 34.8 Å². The Morgan fingerprint density at radius 3 is 2.25 bits per heavy atom. The van der Waals surface area contributed by atoms with Crippen LogP contribution in [0.25, 0.3) is 10.8 Å². The van der Waals surface area contributed by atoms with Crippen LogP contribution in [0.1, 0.15) is 5.56 Å². The van der Waals surface area contributed by atoms with Crippen LogP contribution in [0.3, 0.4) is 0 Å². The van der Waals surface area contributed by atoms with Gasteiger partial charge in [-0.1, -0.05) is 53.7 Å². The molecular formula is C22H14ClF3N2O2S2. The number of hydrogen-bond donors (Lipinski definition) is 1. The van der Waals surface area contributed by atoms with E-state index in [0.29, 0.717) is 10.6 Å². The molecular weight excluding hydrogens is 481 g/mol. The second-order valence-corrected chi connectivity index (χ2v) is 9.90. The number of anilines is 1. The molecule has 0 aliphatic heterocycles. The van der Waals surface area contributed by atoms with E-state index in [1.807, 2.05) is 24.3 Å². The molecule has 0 atom stereocenters. The van der Waals surface area contributed by atoms with Crippen molar-refractivity contribution < 1.29 is 21.6 Å². The Labute approximate surface area is 191 Å². The number of hydrogen-bond acceptors (Lipinski definition) is 4. The lowest BCUT2D eigenvalue weighted by molar-refractivity contribution is -0.137. The Hall–Kier alpha value is -2.75. The molecule has 0 bridgehead atoms. The highest BCUT2D eigenvalue weighted by Crippen LogP contribution is 2.36. The minimum atomic E-state index is -4.52. The van der Waals surface area contributed by atoms with Crippen molar-refractivity contribution in [1.29, 1.82) is 0 Å². The zero-order valence-corrected chi connectivity index (χ0v) is 18.5. The number of pyridine rings is 1. The summed E-state index contributed by atoms with van der Waals surface area (Å²) in [7, 11) is -3.80. The molecule has 164 valence electrons. The van der Waals surface area contributed by atoms with Crippen LogP contribution in [0.5, 0.6) is 0 Å². The summed E-state index contributed by atoms with van der Waals surface area (Å²) >= 11 is 7.01. The Bertz CT molecular complexity index is 1390. The summed E-state index contributed by atoms with van der Waals surface area (Å²) in [6, 6.07) is 19.5. The van der Waals surface area contributed by atoms with Crippen LogP contribution in [0, 0.1) is 0 Å². The van der Waals surface area contributed by atoms with Gasteiger partial charge in [0.1, 0.15) is 5.03 Å². The molecule has 0 radical (unpaired) electrons. The lowest BCUT2D eigenvalue weighted by Gasteiger charge is -2.11. The van der Waals surface area contributed by atoms with Crippen LogP contribution in [0.15, 0.2) is 93.8 Å². The average Bonchev–Trinajstić information content (AvgIpc) is 2.75. The van der Waals surface area contributed by atoms with Gasteiger partial charge in [-0.05, 0) is 53.2 Å². The van der Waals surface area contributed by atoms with Crippen molar-refractivity contribution in [2.75, 3.05) is 4.72 Å². The summed E-state index contributed by atoms with van der Waals surface area (Å²) < 4.78 is 66.2. The number of aromatic nitrogens is 1. The molecule has 4 aromatic rings. The Kier molecular flexibility index (Phi) is 6.07. The Balaban J connectivity index is 1.50. The van der Waals surface area contributed by atoms with E-state index in [1.165, 1.54) is 6.07 Å². The van der Waals surface area contributed by atoms with E-state index < -0.39 is 21.8 Å². The van der Waals surface area contributed by atoms with Gasteiger partial charge in [0, 0.05) is 16.8 Å². The van der Waals surface area contributed by atoms with Crippen LogP contribution >= 0.6 is 23.4 Å². The van der Waals surface area contributed by atoms with Gasteiger partial charge in [-0.3, -0.25) is 4.72 Å². The lowest BCUT2D eigenvalue weighted by atomic mass is 10.1. The molecule has 4 rings (SSSR count). The number of alkyl halides is 3. The highest BCUT2D eigenvalue weighted by atomic mass is 35.5. The fourth-order valence-electron chi connectivity index (χ4n) is 2.91. The van der Waals surface area contributed by atoms with Crippen LogP contribution < -0.4 is 4.72 Å². The first-order chi connectivity index (χ1) is 15.1. The molecule has 0 saturated heterocycles. The molecule has 32 heavy (non-hydrogen) atoms. The number of nitrogens with zero attached hydrogens (tertiary/aromatic N) is 1. The topological polar surface area (TPSA) is 59.1 Å². The van der Waals surface area contributed by atoms with E-state index >= 15 is 0 Å². The number of nitrogens with one attached hydrogen (secondary N) is 1. The van der Waals surface area contributed by atoms with Gasteiger partial charge in [-0.2, -0.15) is 13.2 Å². The number of rotatable bonds is 5. The SMILES string of the molecule is O=S(=O)(Nc1ccc(Sc2ncc(C(F)(F)F)cc2Cl)cc1)c1ccc2ccccc2c1. The molecule has 0 aliphatic rings. The van der Waals surface area contributed by atoms with E-state index in [9.17, 15) is 21.6 Å². The van der Waals surface area contributed by atoms with Gasteiger partial charge >= 0.3 is 6.18 Å². The molecule has 1 heterocycles. The van der Waals surface area contributed by atoms with E-state index in [4.69, 9.17) is 11.6 Å². The third-order valence-electron chi connectivity index (χ3n) is 4.49. The molecule has 0 unspecified atom stereocenters. The fourth-order valence-corrected chi connectivity index (χ4v) is 5.04. The second kappa shape index (κ2) is 8.65. The van der Waals surface area contributed by atoms with Gasteiger partial charge in [-0.25, -0.2) is 13.4 Å². The molecule has 0 saturated carbocycles. The maximum atomic E-state index is 12.7. The first kappa shape index (κ1) is 22.4. The molecule has 1 aromatic heterocycles. The summed E-state index contributed by atoms with van der Waals surface area (Å²) in [6.07, 6.45) is -3.80. The lowest BCUT2D eigenvalue weighted by Crippen LogP contribution is -2.12. The number of benzene rings is 3. The van der Waals surface area contributed by atoms with Crippen LogP contribution in [-0.2, 0) is 16.2 Å². The van der Waals surface area contributed by atoms with Gasteiger partial charge in [0.05, 0.1) is 15.5 Å². The Morgan fingerprint density at radius 2 is 1.59 bits per heavy atom. The van der Waals surface area contributed by atoms with Crippen molar-refractivity contribution in [3.05, 3.63) is 89.6 Å².